The molecule has 0 radical (unpaired) electrons. The Kier molecular flexibility index (Phi) is 5.35. The van der Waals surface area contributed by atoms with Crippen LogP contribution in [0.4, 0.5) is 0 Å². The molecular formula is C18H16BrN3O2S. The predicted molar refractivity (Wildman–Crippen MR) is 105 cm³/mol. The van der Waals surface area contributed by atoms with E-state index in [4.69, 9.17) is 4.74 Å². The van der Waals surface area contributed by atoms with Gasteiger partial charge in [0.15, 0.2) is 0 Å². The maximum Gasteiger partial charge on any atom is 0.205 e. The summed E-state index contributed by atoms with van der Waals surface area (Å²) in [4.78, 5) is 5.03. The number of rotatable bonds is 4. The second kappa shape index (κ2) is 7.67. The number of phenols is 1. The minimum absolute atomic E-state index is 0.138. The van der Waals surface area contributed by atoms with Gasteiger partial charge in [-0.2, -0.15) is 5.10 Å². The van der Waals surface area contributed by atoms with Gasteiger partial charge in [-0.3, -0.25) is 4.99 Å². The van der Waals surface area contributed by atoms with E-state index in [1.54, 1.807) is 43.2 Å². The summed E-state index contributed by atoms with van der Waals surface area (Å²) < 4.78 is 7.94. The maximum atomic E-state index is 10.0. The highest BCUT2D eigenvalue weighted by atomic mass is 79.9. The Labute approximate surface area is 157 Å². The first-order chi connectivity index (χ1) is 12.1. The number of halogens is 1. The van der Waals surface area contributed by atoms with Crippen LogP contribution in [0.5, 0.6) is 11.5 Å². The molecule has 1 heterocycles. The zero-order valence-electron chi connectivity index (χ0n) is 13.7. The number of aromatic hydroxyl groups is 1. The second-order valence-electron chi connectivity index (χ2n) is 5.12. The quantitative estimate of drug-likeness (QED) is 0.649. The number of hydrogen-bond acceptors (Lipinski definition) is 5. The fraction of sp³-hybridized carbons (Fsp3) is 0.111. The fourth-order valence-corrected chi connectivity index (χ4v) is 3.49. The molecule has 0 bridgehead atoms. The molecule has 5 nitrogen and oxygen atoms in total. The summed E-state index contributed by atoms with van der Waals surface area (Å²) in [5.41, 5.74) is 2.51. The normalized spacial score (nSPS) is 12.0. The summed E-state index contributed by atoms with van der Waals surface area (Å²) in [6, 6.07) is 13.0. The number of ether oxygens (including phenoxy) is 1. The van der Waals surface area contributed by atoms with Crippen molar-refractivity contribution in [2.75, 3.05) is 14.2 Å². The van der Waals surface area contributed by atoms with Gasteiger partial charge in [0, 0.05) is 28.0 Å². The minimum Gasteiger partial charge on any atom is -0.507 e. The molecule has 7 heteroatoms. The van der Waals surface area contributed by atoms with Gasteiger partial charge >= 0.3 is 0 Å². The first kappa shape index (κ1) is 17.4. The van der Waals surface area contributed by atoms with Crippen LogP contribution < -0.4 is 9.54 Å². The molecule has 128 valence electrons. The summed E-state index contributed by atoms with van der Waals surface area (Å²) in [5, 5.41) is 16.6. The lowest BCUT2D eigenvalue weighted by atomic mass is 10.2. The molecular weight excluding hydrogens is 402 g/mol. The molecule has 0 atom stereocenters. The van der Waals surface area contributed by atoms with Crippen molar-refractivity contribution >= 4 is 33.5 Å². The van der Waals surface area contributed by atoms with Crippen LogP contribution in [-0.4, -0.2) is 30.2 Å². The average molecular weight is 418 g/mol. The van der Waals surface area contributed by atoms with Gasteiger partial charge in [0.25, 0.3) is 0 Å². The molecule has 0 unspecified atom stereocenters. The van der Waals surface area contributed by atoms with E-state index in [2.05, 4.69) is 26.0 Å². The highest BCUT2D eigenvalue weighted by Crippen LogP contribution is 2.24. The Balaban J connectivity index is 2.07. The first-order valence-corrected chi connectivity index (χ1v) is 9.10. The van der Waals surface area contributed by atoms with Crippen LogP contribution in [0.1, 0.15) is 5.56 Å². The van der Waals surface area contributed by atoms with E-state index < -0.39 is 0 Å². The van der Waals surface area contributed by atoms with Gasteiger partial charge in [0.1, 0.15) is 11.5 Å². The molecule has 0 aliphatic carbocycles. The molecule has 1 aromatic heterocycles. The van der Waals surface area contributed by atoms with Crippen molar-refractivity contribution in [1.82, 2.24) is 4.68 Å². The standard InChI is InChI=1S/C18H16BrN3O2S/c1-20-18-22(16(11-25-18)12-4-3-5-14(19)8-12)21-10-13-9-15(24-2)6-7-17(13)23/h3-11,23H,1-2H3. The Hall–Kier alpha value is -2.38. The molecule has 0 saturated heterocycles. The molecule has 1 N–H and O–H groups in total. The molecule has 0 aliphatic rings. The highest BCUT2D eigenvalue weighted by molar-refractivity contribution is 9.10. The van der Waals surface area contributed by atoms with Crippen molar-refractivity contribution in [3.63, 3.8) is 0 Å². The molecule has 2 aromatic carbocycles. The van der Waals surface area contributed by atoms with Crippen molar-refractivity contribution in [3.05, 3.63) is 62.7 Å². The van der Waals surface area contributed by atoms with E-state index in [1.165, 1.54) is 11.3 Å². The Morgan fingerprint density at radius 2 is 2.08 bits per heavy atom. The van der Waals surface area contributed by atoms with Crippen molar-refractivity contribution in [2.45, 2.75) is 0 Å². The molecule has 0 spiro atoms. The molecule has 0 aliphatic heterocycles. The lowest BCUT2D eigenvalue weighted by Crippen LogP contribution is -2.11. The van der Waals surface area contributed by atoms with Crippen LogP contribution >= 0.6 is 27.3 Å². The van der Waals surface area contributed by atoms with Crippen LogP contribution in [-0.2, 0) is 0 Å². The van der Waals surface area contributed by atoms with E-state index >= 15 is 0 Å². The van der Waals surface area contributed by atoms with Crippen LogP contribution in [0.25, 0.3) is 11.3 Å². The van der Waals surface area contributed by atoms with E-state index in [9.17, 15) is 5.11 Å². The Morgan fingerprint density at radius 1 is 1.24 bits per heavy atom. The van der Waals surface area contributed by atoms with Gasteiger partial charge in [-0.05, 0) is 30.3 Å². The van der Waals surface area contributed by atoms with Gasteiger partial charge < -0.3 is 9.84 Å². The van der Waals surface area contributed by atoms with Crippen molar-refractivity contribution in [1.29, 1.82) is 0 Å². The van der Waals surface area contributed by atoms with Crippen LogP contribution in [0.3, 0.4) is 0 Å². The lowest BCUT2D eigenvalue weighted by Gasteiger charge is -2.05. The van der Waals surface area contributed by atoms with E-state index in [1.807, 2.05) is 29.6 Å². The Morgan fingerprint density at radius 3 is 2.80 bits per heavy atom. The topological polar surface area (TPSA) is 59.1 Å². The summed E-state index contributed by atoms with van der Waals surface area (Å²) in [5.74, 6) is 0.793. The van der Waals surface area contributed by atoms with Gasteiger partial charge in [-0.1, -0.05) is 28.1 Å². The van der Waals surface area contributed by atoms with Crippen molar-refractivity contribution < 1.29 is 9.84 Å². The summed E-state index contributed by atoms with van der Waals surface area (Å²) >= 11 is 5.00. The molecule has 3 aromatic rings. The fourth-order valence-electron chi connectivity index (χ4n) is 2.29. The smallest absolute Gasteiger partial charge is 0.205 e. The number of hydrogen-bond donors (Lipinski definition) is 1. The summed E-state index contributed by atoms with van der Waals surface area (Å²) in [6.45, 7) is 0. The number of benzene rings is 2. The largest absolute Gasteiger partial charge is 0.507 e. The third kappa shape index (κ3) is 3.83. The third-order valence-corrected chi connectivity index (χ3v) is 4.94. The molecule has 3 rings (SSSR count). The number of phenolic OH excluding ortho intramolecular Hbond substituents is 1. The van der Waals surface area contributed by atoms with Crippen LogP contribution in [0, 0.1) is 0 Å². The number of methoxy groups -OCH3 is 1. The van der Waals surface area contributed by atoms with Gasteiger partial charge in [0.2, 0.25) is 4.80 Å². The summed E-state index contributed by atoms with van der Waals surface area (Å²) in [6.07, 6.45) is 1.60. The molecule has 0 amide bonds. The SMILES string of the molecule is CN=c1scc(-c2cccc(Br)c2)n1N=Cc1cc(OC)ccc1O. The third-order valence-electron chi connectivity index (χ3n) is 3.54. The van der Waals surface area contributed by atoms with Crippen molar-refractivity contribution in [3.8, 4) is 22.8 Å². The Bertz CT molecular complexity index is 992. The number of thiazole rings is 1. The lowest BCUT2D eigenvalue weighted by molar-refractivity contribution is 0.412. The summed E-state index contributed by atoms with van der Waals surface area (Å²) in [7, 11) is 3.31. The molecule has 0 fully saturated rings. The van der Waals surface area contributed by atoms with Crippen molar-refractivity contribution in [2.24, 2.45) is 10.1 Å². The van der Waals surface area contributed by atoms with E-state index in [0.29, 0.717) is 11.3 Å². The average Bonchev–Trinajstić information content (AvgIpc) is 3.04. The van der Waals surface area contributed by atoms with Crippen LogP contribution in [0.2, 0.25) is 0 Å². The van der Waals surface area contributed by atoms with E-state index in [0.717, 1.165) is 20.5 Å². The van der Waals surface area contributed by atoms with E-state index in [-0.39, 0.29) is 5.75 Å². The van der Waals surface area contributed by atoms with Gasteiger partial charge in [-0.25, -0.2) is 4.68 Å². The predicted octanol–water partition coefficient (Wildman–Crippen LogP) is 4.11. The highest BCUT2D eigenvalue weighted by Gasteiger charge is 2.08. The first-order valence-electron chi connectivity index (χ1n) is 7.43. The zero-order valence-corrected chi connectivity index (χ0v) is 16.1. The monoisotopic (exact) mass is 417 g/mol. The minimum atomic E-state index is 0.138. The zero-order chi connectivity index (χ0) is 17.8. The van der Waals surface area contributed by atoms with Gasteiger partial charge in [0.05, 0.1) is 19.0 Å². The number of aromatic nitrogens is 1. The second-order valence-corrected chi connectivity index (χ2v) is 6.87. The van der Waals surface area contributed by atoms with Gasteiger partial charge in [-0.15, -0.1) is 11.3 Å². The van der Waals surface area contributed by atoms with Crippen LogP contribution in [0.15, 0.2) is 62.4 Å². The molecule has 25 heavy (non-hydrogen) atoms. The maximum absolute atomic E-state index is 10.0. The number of nitrogens with zero attached hydrogens (tertiary/aromatic N) is 3. The molecule has 0 saturated carbocycles.